The second-order valence-electron chi connectivity index (χ2n) is 3.42. The average Bonchev–Trinajstić information content (AvgIpc) is 2.84. The summed E-state index contributed by atoms with van der Waals surface area (Å²) in [5, 5.41) is 1.83. The molecule has 2 aromatic rings. The van der Waals surface area contributed by atoms with Crippen LogP contribution < -0.4 is 0 Å². The maximum Gasteiger partial charge on any atom is 0.185 e. The first-order chi connectivity index (χ1) is 8.31. The van der Waals surface area contributed by atoms with Crippen LogP contribution in [0.2, 0.25) is 0 Å². The van der Waals surface area contributed by atoms with Crippen LogP contribution in [0.4, 0.5) is 0 Å². The van der Waals surface area contributed by atoms with Gasteiger partial charge in [-0.1, -0.05) is 30.3 Å². The molecule has 0 amide bonds. The van der Waals surface area contributed by atoms with E-state index in [1.165, 1.54) is 17.4 Å². The van der Waals surface area contributed by atoms with Crippen molar-refractivity contribution in [3.63, 3.8) is 0 Å². The van der Waals surface area contributed by atoms with E-state index in [0.717, 1.165) is 11.2 Å². The largest absolute Gasteiger partial charge is 0.298 e. The fraction of sp³-hybridized carbons (Fsp3) is 0. The van der Waals surface area contributed by atoms with Gasteiger partial charge in [0.25, 0.3) is 0 Å². The summed E-state index contributed by atoms with van der Waals surface area (Å²) >= 11 is 1.44. The van der Waals surface area contributed by atoms with Crippen LogP contribution in [0.15, 0.2) is 47.9 Å². The number of hydrogen-bond donors (Lipinski definition) is 0. The molecule has 0 saturated heterocycles. The van der Waals surface area contributed by atoms with Gasteiger partial charge in [0.15, 0.2) is 12.1 Å². The summed E-state index contributed by atoms with van der Waals surface area (Å²) in [6, 6.07) is 10.8. The van der Waals surface area contributed by atoms with Crippen molar-refractivity contribution < 1.29 is 9.59 Å². The Labute approximate surface area is 103 Å². The fourth-order valence-electron chi connectivity index (χ4n) is 1.41. The number of benzene rings is 1. The molecule has 1 heterocycles. The minimum atomic E-state index is -0.0594. The lowest BCUT2D eigenvalue weighted by Crippen LogP contribution is -1.92. The van der Waals surface area contributed by atoms with Gasteiger partial charge < -0.3 is 0 Å². The third-order valence-corrected chi connectivity index (χ3v) is 3.20. The maximum absolute atomic E-state index is 11.8. The lowest BCUT2D eigenvalue weighted by atomic mass is 10.1. The van der Waals surface area contributed by atoms with Gasteiger partial charge in [0, 0.05) is 16.0 Å². The fourth-order valence-corrected chi connectivity index (χ4v) is 2.17. The molecule has 0 fully saturated rings. The zero-order chi connectivity index (χ0) is 12.1. The van der Waals surface area contributed by atoms with E-state index in [2.05, 4.69) is 0 Å². The second-order valence-corrected chi connectivity index (χ2v) is 4.37. The van der Waals surface area contributed by atoms with E-state index >= 15 is 0 Å². The van der Waals surface area contributed by atoms with Gasteiger partial charge in [-0.25, -0.2) is 0 Å². The van der Waals surface area contributed by atoms with Gasteiger partial charge in [-0.05, 0) is 23.6 Å². The highest BCUT2D eigenvalue weighted by Gasteiger charge is 2.02. The molecule has 0 saturated carbocycles. The van der Waals surface area contributed by atoms with Crippen LogP contribution in [0, 0.1) is 0 Å². The van der Waals surface area contributed by atoms with Crippen LogP contribution in [-0.2, 0) is 0 Å². The Kier molecular flexibility index (Phi) is 3.62. The predicted molar refractivity (Wildman–Crippen MR) is 69.5 cm³/mol. The molecule has 84 valence electrons. The number of allylic oxidation sites excluding steroid dienone is 1. The van der Waals surface area contributed by atoms with Crippen LogP contribution in [0.1, 0.15) is 25.6 Å². The average molecular weight is 242 g/mol. The number of carbonyl (C=O) groups is 2. The number of ketones is 1. The Morgan fingerprint density at radius 1 is 1.12 bits per heavy atom. The van der Waals surface area contributed by atoms with Gasteiger partial charge in [0.05, 0.1) is 0 Å². The van der Waals surface area contributed by atoms with E-state index in [1.54, 1.807) is 24.3 Å². The minimum Gasteiger partial charge on any atom is -0.298 e. The van der Waals surface area contributed by atoms with E-state index in [-0.39, 0.29) is 5.78 Å². The molecule has 0 aliphatic carbocycles. The van der Waals surface area contributed by atoms with Crippen molar-refractivity contribution in [3.05, 3.63) is 63.9 Å². The van der Waals surface area contributed by atoms with Crippen molar-refractivity contribution in [1.29, 1.82) is 0 Å². The lowest BCUT2D eigenvalue weighted by molar-refractivity contribution is 0.104. The number of aldehydes is 1. The normalized spacial score (nSPS) is 10.6. The van der Waals surface area contributed by atoms with Gasteiger partial charge in [0.2, 0.25) is 0 Å². The Morgan fingerprint density at radius 3 is 2.59 bits per heavy atom. The zero-order valence-corrected chi connectivity index (χ0v) is 9.81. The van der Waals surface area contributed by atoms with Crippen molar-refractivity contribution in [2.75, 3.05) is 0 Å². The first-order valence-electron chi connectivity index (χ1n) is 5.11. The summed E-state index contributed by atoms with van der Waals surface area (Å²) in [5.41, 5.74) is 1.26. The van der Waals surface area contributed by atoms with E-state index in [9.17, 15) is 9.59 Å². The molecule has 0 unspecified atom stereocenters. The van der Waals surface area contributed by atoms with Crippen molar-refractivity contribution in [1.82, 2.24) is 0 Å². The van der Waals surface area contributed by atoms with Crippen LogP contribution in [-0.4, -0.2) is 12.1 Å². The van der Waals surface area contributed by atoms with Crippen LogP contribution in [0.25, 0.3) is 6.08 Å². The highest BCUT2D eigenvalue weighted by molar-refractivity contribution is 7.11. The molecular formula is C14H10O2S. The Hall–Kier alpha value is -2.00. The molecule has 0 aliphatic rings. The third-order valence-electron chi connectivity index (χ3n) is 2.30. The Bertz CT molecular complexity index is 553. The first-order valence-corrected chi connectivity index (χ1v) is 5.99. The lowest BCUT2D eigenvalue weighted by Gasteiger charge is -1.93. The summed E-state index contributed by atoms with van der Waals surface area (Å²) in [6.45, 7) is 0. The molecule has 1 aromatic carbocycles. The molecular weight excluding hydrogens is 232 g/mol. The number of carbonyl (C=O) groups excluding carboxylic acids is 2. The highest BCUT2D eigenvalue weighted by Crippen LogP contribution is 2.17. The molecule has 0 aliphatic heterocycles. The minimum absolute atomic E-state index is 0.0594. The molecule has 2 nitrogen and oxygen atoms in total. The Morgan fingerprint density at radius 2 is 1.88 bits per heavy atom. The van der Waals surface area contributed by atoms with Crippen molar-refractivity contribution >= 4 is 29.5 Å². The molecule has 0 spiro atoms. The van der Waals surface area contributed by atoms with Gasteiger partial charge in [-0.3, -0.25) is 9.59 Å². The van der Waals surface area contributed by atoms with Crippen molar-refractivity contribution in [2.45, 2.75) is 0 Å². The van der Waals surface area contributed by atoms with Crippen molar-refractivity contribution in [3.8, 4) is 0 Å². The molecule has 0 radical (unpaired) electrons. The van der Waals surface area contributed by atoms with E-state index < -0.39 is 0 Å². The van der Waals surface area contributed by atoms with E-state index in [1.807, 2.05) is 23.6 Å². The van der Waals surface area contributed by atoms with E-state index in [0.29, 0.717) is 11.1 Å². The zero-order valence-electron chi connectivity index (χ0n) is 9.00. The summed E-state index contributed by atoms with van der Waals surface area (Å²) in [7, 11) is 0. The smallest absolute Gasteiger partial charge is 0.185 e. The standard InChI is InChI=1S/C14H10O2S/c15-10-12-8-9-17-14(12)7-6-13(16)11-4-2-1-3-5-11/h1-10H/b7-6+. The second kappa shape index (κ2) is 5.37. The van der Waals surface area contributed by atoms with Gasteiger partial charge in [-0.15, -0.1) is 11.3 Å². The number of thiophene rings is 1. The molecule has 0 N–H and O–H groups in total. The summed E-state index contributed by atoms with van der Waals surface area (Å²) in [4.78, 5) is 23.3. The number of hydrogen-bond acceptors (Lipinski definition) is 3. The first kappa shape index (κ1) is 11.5. The molecule has 0 bridgehead atoms. The molecule has 2 rings (SSSR count). The summed E-state index contributed by atoms with van der Waals surface area (Å²) in [5.74, 6) is -0.0594. The van der Waals surface area contributed by atoms with Crippen LogP contribution in [0.5, 0.6) is 0 Å². The third kappa shape index (κ3) is 2.77. The summed E-state index contributed by atoms with van der Waals surface area (Å²) in [6.07, 6.45) is 3.97. The van der Waals surface area contributed by atoms with Crippen LogP contribution in [0.3, 0.4) is 0 Å². The SMILES string of the molecule is O=Cc1ccsc1/C=C/C(=O)c1ccccc1. The topological polar surface area (TPSA) is 34.1 Å². The van der Waals surface area contributed by atoms with Gasteiger partial charge in [0.1, 0.15) is 0 Å². The molecule has 3 heteroatoms. The molecule has 0 atom stereocenters. The quantitative estimate of drug-likeness (QED) is 0.467. The number of rotatable bonds is 4. The van der Waals surface area contributed by atoms with Crippen molar-refractivity contribution in [2.24, 2.45) is 0 Å². The monoisotopic (exact) mass is 242 g/mol. The Balaban J connectivity index is 2.17. The van der Waals surface area contributed by atoms with Crippen LogP contribution >= 0.6 is 11.3 Å². The summed E-state index contributed by atoms with van der Waals surface area (Å²) < 4.78 is 0. The predicted octanol–water partition coefficient (Wildman–Crippen LogP) is 3.46. The highest BCUT2D eigenvalue weighted by atomic mass is 32.1. The molecule has 1 aromatic heterocycles. The molecule has 17 heavy (non-hydrogen) atoms. The van der Waals surface area contributed by atoms with E-state index in [4.69, 9.17) is 0 Å². The van der Waals surface area contributed by atoms with Gasteiger partial charge >= 0.3 is 0 Å². The van der Waals surface area contributed by atoms with Gasteiger partial charge in [-0.2, -0.15) is 0 Å². The maximum atomic E-state index is 11.8.